The van der Waals surface area contributed by atoms with Crippen molar-refractivity contribution in [3.63, 3.8) is 0 Å². The molecule has 0 aromatic rings. The average molecular weight is 206 g/mol. The Balaban J connectivity index is 3.17. The molecule has 0 fully saturated rings. The molecule has 0 aliphatic carbocycles. The third kappa shape index (κ3) is 11.7. The molecule has 0 aromatic carbocycles. The highest BCUT2D eigenvalue weighted by atomic mass is 31.1. The number of nitrogens with zero attached hydrogens (tertiary/aromatic N) is 1. The fraction of sp³-hybridized carbons (Fsp3) is 0.750. The zero-order valence-electron chi connectivity index (χ0n) is 8.14. The summed E-state index contributed by atoms with van der Waals surface area (Å²) in [6.07, 6.45) is 5.79. The first kappa shape index (κ1) is 12.7. The average Bonchev–Trinajstić information content (AvgIpc) is 2.01. The van der Waals surface area contributed by atoms with E-state index in [1.165, 1.54) is 0 Å². The predicted octanol–water partition coefficient (Wildman–Crippen LogP) is 1.55. The van der Waals surface area contributed by atoms with E-state index in [0.717, 1.165) is 19.4 Å². The lowest BCUT2D eigenvalue weighted by atomic mass is 10.3. The van der Waals surface area contributed by atoms with E-state index in [1.807, 2.05) is 20.2 Å². The largest absolute Gasteiger partial charge is 0.695 e. The number of allylic oxidation sites excluding steroid dienone is 1. The predicted molar refractivity (Wildman–Crippen MR) is 52.7 cm³/mol. The van der Waals surface area contributed by atoms with E-state index in [-0.39, 0.29) is 6.61 Å². The monoisotopic (exact) mass is 206 g/mol. The van der Waals surface area contributed by atoms with Crippen molar-refractivity contribution in [2.45, 2.75) is 12.8 Å². The summed E-state index contributed by atoms with van der Waals surface area (Å²) in [5.74, 6) is 0. The number of rotatable bonds is 7. The Kier molecular flexibility index (Phi) is 8.14. The van der Waals surface area contributed by atoms with Crippen molar-refractivity contribution in [1.29, 1.82) is 0 Å². The van der Waals surface area contributed by atoms with Gasteiger partial charge in [-0.1, -0.05) is 12.2 Å². The standard InChI is InChI=1S/C8H16NO3P/c1-9(2)7-5-3-4-6-8-12-13(10)11/h4,6H,3,5,7-8H2,1-2H3/p+1. The molecule has 13 heavy (non-hydrogen) atoms. The summed E-state index contributed by atoms with van der Waals surface area (Å²) in [5, 5.41) is 0. The fourth-order valence-corrected chi connectivity index (χ4v) is 1.03. The van der Waals surface area contributed by atoms with Gasteiger partial charge in [0.1, 0.15) is 6.61 Å². The van der Waals surface area contributed by atoms with Crippen molar-refractivity contribution in [1.82, 2.24) is 4.90 Å². The maximum atomic E-state index is 10.1. The van der Waals surface area contributed by atoms with Crippen LogP contribution in [0.25, 0.3) is 0 Å². The van der Waals surface area contributed by atoms with Gasteiger partial charge >= 0.3 is 8.25 Å². The molecule has 0 bridgehead atoms. The van der Waals surface area contributed by atoms with Crippen molar-refractivity contribution >= 4 is 8.25 Å². The smallest absolute Gasteiger partial charge is 0.309 e. The topological polar surface area (TPSA) is 49.8 Å². The number of unbranched alkanes of at least 4 members (excludes halogenated alkanes) is 1. The van der Waals surface area contributed by atoms with Crippen molar-refractivity contribution in [3.8, 4) is 0 Å². The Hall–Kier alpha value is -0.280. The third-order valence-corrected chi connectivity index (χ3v) is 1.79. The highest BCUT2D eigenvalue weighted by Gasteiger charge is 2.08. The molecule has 0 saturated heterocycles. The van der Waals surface area contributed by atoms with Gasteiger partial charge in [0.25, 0.3) is 0 Å². The summed E-state index contributed by atoms with van der Waals surface area (Å²) in [6, 6.07) is 0. The van der Waals surface area contributed by atoms with E-state index in [1.54, 1.807) is 6.08 Å². The molecule has 4 nitrogen and oxygen atoms in total. The number of hydrogen-bond donors (Lipinski definition) is 1. The van der Waals surface area contributed by atoms with Crippen LogP contribution >= 0.6 is 8.25 Å². The molecule has 1 atom stereocenters. The van der Waals surface area contributed by atoms with Gasteiger partial charge in [0.05, 0.1) is 0 Å². The van der Waals surface area contributed by atoms with Crippen molar-refractivity contribution in [3.05, 3.63) is 12.2 Å². The normalized spacial score (nSPS) is 12.8. The van der Waals surface area contributed by atoms with E-state index in [9.17, 15) is 4.57 Å². The van der Waals surface area contributed by atoms with Crippen LogP contribution in [0.1, 0.15) is 12.8 Å². The third-order valence-electron chi connectivity index (χ3n) is 1.42. The van der Waals surface area contributed by atoms with Gasteiger partial charge in [0.2, 0.25) is 0 Å². The Bertz CT molecular complexity index is 171. The second kappa shape index (κ2) is 8.32. The molecule has 1 N–H and O–H groups in total. The van der Waals surface area contributed by atoms with Gasteiger partial charge in [-0.2, -0.15) is 0 Å². The number of hydrogen-bond acceptors (Lipinski definition) is 3. The van der Waals surface area contributed by atoms with Crippen LogP contribution in [-0.2, 0) is 9.09 Å². The lowest BCUT2D eigenvalue weighted by Crippen LogP contribution is -2.12. The lowest BCUT2D eigenvalue weighted by molar-refractivity contribution is 0.312. The molecule has 0 aliphatic heterocycles. The van der Waals surface area contributed by atoms with Crippen molar-refractivity contribution in [2.75, 3.05) is 27.2 Å². The maximum absolute atomic E-state index is 10.1. The molecule has 0 rings (SSSR count). The quantitative estimate of drug-likeness (QED) is 0.390. The lowest BCUT2D eigenvalue weighted by Gasteiger charge is -2.06. The first-order chi connectivity index (χ1) is 6.13. The highest BCUT2D eigenvalue weighted by Crippen LogP contribution is 2.13. The SMILES string of the molecule is CN(C)CCCC=CCO[P+](=O)O. The summed E-state index contributed by atoms with van der Waals surface area (Å²) < 4.78 is 14.5. The van der Waals surface area contributed by atoms with Crippen LogP contribution < -0.4 is 0 Å². The highest BCUT2D eigenvalue weighted by molar-refractivity contribution is 7.32. The molecular formula is C8H17NO3P+. The minimum absolute atomic E-state index is 0.216. The Labute approximate surface area is 80.1 Å². The summed E-state index contributed by atoms with van der Waals surface area (Å²) >= 11 is 0. The van der Waals surface area contributed by atoms with Crippen LogP contribution in [0.2, 0.25) is 0 Å². The zero-order valence-corrected chi connectivity index (χ0v) is 9.04. The Morgan fingerprint density at radius 1 is 1.46 bits per heavy atom. The van der Waals surface area contributed by atoms with Crippen LogP contribution in [0.3, 0.4) is 0 Å². The van der Waals surface area contributed by atoms with Gasteiger partial charge in [0.15, 0.2) is 0 Å². The molecule has 0 radical (unpaired) electrons. The molecule has 0 saturated carbocycles. The van der Waals surface area contributed by atoms with Crippen molar-refractivity contribution < 1.29 is 14.0 Å². The van der Waals surface area contributed by atoms with Gasteiger partial charge in [0, 0.05) is 4.57 Å². The van der Waals surface area contributed by atoms with Crippen molar-refractivity contribution in [2.24, 2.45) is 0 Å². The molecular weight excluding hydrogens is 189 g/mol. The maximum Gasteiger partial charge on any atom is 0.695 e. The van der Waals surface area contributed by atoms with Gasteiger partial charge < -0.3 is 4.90 Å². The minimum Gasteiger partial charge on any atom is -0.309 e. The van der Waals surface area contributed by atoms with E-state index >= 15 is 0 Å². The molecule has 0 heterocycles. The van der Waals surface area contributed by atoms with Gasteiger partial charge in [-0.05, 0) is 33.5 Å². The van der Waals surface area contributed by atoms with Crippen LogP contribution in [0.15, 0.2) is 12.2 Å². The van der Waals surface area contributed by atoms with E-state index in [0.29, 0.717) is 0 Å². The summed E-state index contributed by atoms with van der Waals surface area (Å²) in [4.78, 5) is 10.4. The second-order valence-electron chi connectivity index (χ2n) is 2.95. The molecule has 0 spiro atoms. The van der Waals surface area contributed by atoms with E-state index in [2.05, 4.69) is 9.42 Å². The summed E-state index contributed by atoms with van der Waals surface area (Å²) in [6.45, 7) is 1.27. The molecule has 0 amide bonds. The van der Waals surface area contributed by atoms with Crippen LogP contribution in [0.5, 0.6) is 0 Å². The van der Waals surface area contributed by atoms with Gasteiger partial charge in [-0.25, -0.2) is 0 Å². The summed E-state index contributed by atoms with van der Waals surface area (Å²) in [7, 11) is 1.62. The Morgan fingerprint density at radius 2 is 2.15 bits per heavy atom. The van der Waals surface area contributed by atoms with Crippen LogP contribution in [0.4, 0.5) is 0 Å². The van der Waals surface area contributed by atoms with Crippen LogP contribution in [0, 0.1) is 0 Å². The molecule has 5 heteroatoms. The van der Waals surface area contributed by atoms with Gasteiger partial charge in [-0.3, -0.25) is 0 Å². The van der Waals surface area contributed by atoms with Gasteiger partial charge in [-0.15, -0.1) is 9.42 Å². The fourth-order valence-electron chi connectivity index (χ4n) is 0.818. The Morgan fingerprint density at radius 3 is 2.69 bits per heavy atom. The first-order valence-electron chi connectivity index (χ1n) is 4.21. The zero-order chi connectivity index (χ0) is 10.1. The van der Waals surface area contributed by atoms with Crippen LogP contribution in [-0.4, -0.2) is 37.0 Å². The molecule has 76 valence electrons. The minimum atomic E-state index is -2.44. The van der Waals surface area contributed by atoms with E-state index in [4.69, 9.17) is 4.89 Å². The second-order valence-corrected chi connectivity index (χ2v) is 3.68. The molecule has 1 unspecified atom stereocenters. The molecule has 0 aliphatic rings. The molecule has 0 aromatic heterocycles. The summed E-state index contributed by atoms with van der Waals surface area (Å²) in [5.41, 5.74) is 0. The first-order valence-corrected chi connectivity index (χ1v) is 5.34. The van der Waals surface area contributed by atoms with E-state index < -0.39 is 8.25 Å².